The zero-order valence-electron chi connectivity index (χ0n) is 29.8. The molecule has 0 aromatic heterocycles. The summed E-state index contributed by atoms with van der Waals surface area (Å²) in [6, 6.07) is 25.2. The van der Waals surface area contributed by atoms with Crippen molar-refractivity contribution in [3.05, 3.63) is 108 Å². The summed E-state index contributed by atoms with van der Waals surface area (Å²) >= 11 is 0. The molecule has 1 aliphatic heterocycles. The Morgan fingerprint density at radius 3 is 2.34 bits per heavy atom. The number of ether oxygens (including phenoxy) is 2. The molecule has 8 nitrogen and oxygen atoms in total. The molecule has 8 heteroatoms. The molecule has 1 aliphatic carbocycles. The predicted octanol–water partition coefficient (Wildman–Crippen LogP) is 7.38. The van der Waals surface area contributed by atoms with Gasteiger partial charge in [0, 0.05) is 57.0 Å². The molecule has 5 rings (SSSR count). The van der Waals surface area contributed by atoms with Crippen LogP contribution in [0.5, 0.6) is 0 Å². The first kappa shape index (κ1) is 37.4. The van der Waals surface area contributed by atoms with Crippen LogP contribution in [0.3, 0.4) is 0 Å². The van der Waals surface area contributed by atoms with Gasteiger partial charge in [-0.25, -0.2) is 0 Å². The van der Waals surface area contributed by atoms with Crippen molar-refractivity contribution < 1.29 is 24.2 Å². The summed E-state index contributed by atoms with van der Waals surface area (Å²) in [5.74, 6) is 0.126. The summed E-state index contributed by atoms with van der Waals surface area (Å²) in [5, 5.41) is 15.5. The molecule has 50 heavy (non-hydrogen) atoms. The van der Waals surface area contributed by atoms with Crippen molar-refractivity contribution in [2.24, 2.45) is 5.92 Å². The number of amides is 2. The van der Waals surface area contributed by atoms with E-state index in [0.29, 0.717) is 25.6 Å². The van der Waals surface area contributed by atoms with E-state index >= 15 is 0 Å². The highest BCUT2D eigenvalue weighted by Gasteiger charge is 2.40. The number of aliphatic hydroxyl groups excluding tert-OH is 1. The van der Waals surface area contributed by atoms with Crippen molar-refractivity contribution in [2.45, 2.75) is 103 Å². The largest absolute Gasteiger partial charge is 0.392 e. The van der Waals surface area contributed by atoms with Crippen molar-refractivity contribution in [2.75, 3.05) is 19.6 Å². The Labute approximate surface area is 298 Å². The van der Waals surface area contributed by atoms with Crippen molar-refractivity contribution in [1.82, 2.24) is 15.5 Å². The topological polar surface area (TPSA) is 100 Å². The van der Waals surface area contributed by atoms with Gasteiger partial charge in [-0.3, -0.25) is 14.5 Å². The van der Waals surface area contributed by atoms with Gasteiger partial charge in [0.25, 0.3) is 0 Å². The van der Waals surface area contributed by atoms with Gasteiger partial charge in [0.05, 0.1) is 18.8 Å². The number of carbonyl (C=O) groups is 2. The maximum atomic E-state index is 12.6. The van der Waals surface area contributed by atoms with Gasteiger partial charge >= 0.3 is 0 Å². The molecule has 4 atom stereocenters. The Morgan fingerprint density at radius 2 is 1.64 bits per heavy atom. The molecule has 2 amide bonds. The summed E-state index contributed by atoms with van der Waals surface area (Å²) in [6.45, 7) is 10.6. The Morgan fingerprint density at radius 1 is 0.920 bits per heavy atom. The second-order valence-electron chi connectivity index (χ2n) is 13.9. The first-order chi connectivity index (χ1) is 24.4. The fraction of sp³-hybridized carbons (Fsp3) is 0.476. The van der Waals surface area contributed by atoms with E-state index in [-0.39, 0.29) is 36.5 Å². The molecular formula is C42H55N3O5. The van der Waals surface area contributed by atoms with Crippen molar-refractivity contribution in [3.63, 3.8) is 0 Å². The van der Waals surface area contributed by atoms with E-state index in [1.165, 1.54) is 32.6 Å². The number of unbranched alkanes of at least 4 members (excludes halogenated alkanes) is 2. The Bertz CT molecular complexity index is 1520. The van der Waals surface area contributed by atoms with Crippen LogP contribution in [0.4, 0.5) is 0 Å². The summed E-state index contributed by atoms with van der Waals surface area (Å²) in [6.07, 6.45) is 9.27. The van der Waals surface area contributed by atoms with Crippen LogP contribution in [0.1, 0.15) is 99.9 Å². The molecule has 3 aromatic rings. The normalized spacial score (nSPS) is 20.9. The monoisotopic (exact) mass is 681 g/mol. The Kier molecular flexibility index (Phi) is 14.2. The van der Waals surface area contributed by atoms with Crippen LogP contribution >= 0.6 is 0 Å². The Balaban J connectivity index is 1.28. The van der Waals surface area contributed by atoms with Crippen molar-refractivity contribution in [1.29, 1.82) is 0 Å². The van der Waals surface area contributed by atoms with E-state index < -0.39 is 6.29 Å². The summed E-state index contributed by atoms with van der Waals surface area (Å²) in [7, 11) is 0. The van der Waals surface area contributed by atoms with E-state index in [0.717, 1.165) is 65.7 Å². The lowest BCUT2D eigenvalue weighted by Gasteiger charge is -2.43. The van der Waals surface area contributed by atoms with Gasteiger partial charge in [-0.2, -0.15) is 0 Å². The molecule has 3 N–H and O–H groups in total. The molecule has 0 radical (unpaired) electrons. The minimum absolute atomic E-state index is 0.0115. The molecule has 0 unspecified atom stereocenters. The minimum atomic E-state index is -0.533. The molecule has 0 bridgehead atoms. The highest BCUT2D eigenvalue weighted by atomic mass is 16.7. The van der Waals surface area contributed by atoms with Crippen LogP contribution in [0.15, 0.2) is 85.5 Å². The maximum absolute atomic E-state index is 12.6. The lowest BCUT2D eigenvalue weighted by atomic mass is 9.89. The molecule has 268 valence electrons. The summed E-state index contributed by atoms with van der Waals surface area (Å²) in [5.41, 5.74) is 6.12. The number of hydrogen-bond acceptors (Lipinski definition) is 6. The highest BCUT2D eigenvalue weighted by Crippen LogP contribution is 2.42. The third-order valence-electron chi connectivity index (χ3n) is 10.2. The number of nitrogens with zero attached hydrogens (tertiary/aromatic N) is 1. The average molecular weight is 682 g/mol. The fourth-order valence-electron chi connectivity index (χ4n) is 7.28. The van der Waals surface area contributed by atoms with Crippen molar-refractivity contribution in [3.8, 4) is 11.1 Å². The van der Waals surface area contributed by atoms with Gasteiger partial charge in [0.2, 0.25) is 11.8 Å². The second-order valence-corrected chi connectivity index (χ2v) is 13.9. The van der Waals surface area contributed by atoms with Crippen LogP contribution in [-0.2, 0) is 32.2 Å². The number of hydrogen-bond donors (Lipinski definition) is 3. The number of rotatable bonds is 17. The minimum Gasteiger partial charge on any atom is -0.392 e. The molecule has 1 heterocycles. The molecule has 0 spiro atoms. The van der Waals surface area contributed by atoms with Gasteiger partial charge < -0.3 is 25.2 Å². The van der Waals surface area contributed by atoms with Gasteiger partial charge in [0.15, 0.2) is 6.29 Å². The Hall–Kier alpha value is -3.82. The average Bonchev–Trinajstić information content (AvgIpc) is 3.68. The molecule has 3 aromatic carbocycles. The zero-order chi connectivity index (χ0) is 35.3. The van der Waals surface area contributed by atoms with E-state index in [2.05, 4.69) is 77.6 Å². The number of aliphatic hydroxyl groups is 1. The first-order valence-corrected chi connectivity index (χ1v) is 18.4. The number of carbonyl (C=O) groups excluding carboxylic acids is 2. The van der Waals surface area contributed by atoms with E-state index in [4.69, 9.17) is 9.47 Å². The standard InChI is InChI=1S/C42H55N3O5/c1-4-26-45(37-13-8-9-14-37)28-39-30(2)41(34-19-17-32(29-46)18-20-34)50-42(49-39)35-23-21-33(22-24-35)38-15-10-7-12-36(38)27-44-40(48)16-6-5-11-25-43-31(3)47/h4,7,10,12,15,17-24,30,37,39,41-42,46H,1,5-6,8-9,11,13-14,16,25-29H2,2-3H3,(H,43,47)(H,44,48)/t30-,39+,41+,42+/m1/s1. The van der Waals surface area contributed by atoms with Gasteiger partial charge in [0.1, 0.15) is 0 Å². The fourth-order valence-corrected chi connectivity index (χ4v) is 7.28. The predicted molar refractivity (Wildman–Crippen MR) is 198 cm³/mol. The smallest absolute Gasteiger partial charge is 0.220 e. The summed E-state index contributed by atoms with van der Waals surface area (Å²) in [4.78, 5) is 26.1. The van der Waals surface area contributed by atoms with Crippen LogP contribution in [0, 0.1) is 5.92 Å². The molecule has 1 saturated heterocycles. The SMILES string of the molecule is C=CCN(C[C@@H]1O[C@H](c2ccc(-c3ccccc3CNC(=O)CCCCCNC(C)=O)cc2)O[C@H](c2ccc(CO)cc2)[C@@H]1C)C1CCCC1. The second kappa shape index (κ2) is 19.0. The van der Waals surface area contributed by atoms with Crippen LogP contribution in [0.25, 0.3) is 11.1 Å². The lowest BCUT2D eigenvalue weighted by Crippen LogP contribution is -2.47. The van der Waals surface area contributed by atoms with Crippen molar-refractivity contribution >= 4 is 11.8 Å². The van der Waals surface area contributed by atoms with Crippen LogP contribution in [0.2, 0.25) is 0 Å². The third kappa shape index (κ3) is 10.4. The maximum Gasteiger partial charge on any atom is 0.220 e. The highest BCUT2D eigenvalue weighted by molar-refractivity contribution is 5.76. The van der Waals surface area contributed by atoms with Crippen LogP contribution in [-0.4, -0.2) is 53.6 Å². The van der Waals surface area contributed by atoms with E-state index in [1.807, 2.05) is 30.3 Å². The molecular weight excluding hydrogens is 626 g/mol. The third-order valence-corrected chi connectivity index (χ3v) is 10.2. The number of nitrogens with one attached hydrogen (secondary N) is 2. The quantitative estimate of drug-likeness (QED) is 0.102. The van der Waals surface area contributed by atoms with Gasteiger partial charge in [-0.1, -0.05) is 105 Å². The van der Waals surface area contributed by atoms with E-state index in [9.17, 15) is 14.7 Å². The van der Waals surface area contributed by atoms with Gasteiger partial charge in [-0.15, -0.1) is 6.58 Å². The summed E-state index contributed by atoms with van der Waals surface area (Å²) < 4.78 is 13.6. The lowest BCUT2D eigenvalue weighted by molar-refractivity contribution is -0.276. The van der Waals surface area contributed by atoms with Crippen LogP contribution < -0.4 is 10.6 Å². The number of benzene rings is 3. The molecule has 2 aliphatic rings. The first-order valence-electron chi connectivity index (χ1n) is 18.4. The molecule has 2 fully saturated rings. The molecule has 1 saturated carbocycles. The van der Waals surface area contributed by atoms with E-state index in [1.54, 1.807) is 0 Å². The van der Waals surface area contributed by atoms with Gasteiger partial charge in [-0.05, 0) is 53.5 Å². The zero-order valence-corrected chi connectivity index (χ0v) is 29.8.